The number of rotatable bonds is 8. The van der Waals surface area contributed by atoms with Crippen molar-refractivity contribution >= 4 is 11.6 Å². The molecule has 1 amide bonds. The van der Waals surface area contributed by atoms with E-state index in [1.807, 2.05) is 0 Å². The largest absolute Gasteiger partial charge is 0.475 e. The Balaban J connectivity index is 1.88. The third-order valence-corrected chi connectivity index (χ3v) is 4.54. The highest BCUT2D eigenvalue weighted by atomic mass is 19.4. The van der Waals surface area contributed by atoms with E-state index in [0.717, 1.165) is 24.3 Å². The Hall–Kier alpha value is -3.70. The number of nitrogens with one attached hydrogen (secondary N) is 1. The summed E-state index contributed by atoms with van der Waals surface area (Å²) in [6, 6.07) is 8.64. The van der Waals surface area contributed by atoms with Gasteiger partial charge in [0.1, 0.15) is 30.0 Å². The first-order valence-electron chi connectivity index (χ1n) is 9.91. The number of ether oxygens (including phenoxy) is 2. The zero-order valence-electron chi connectivity index (χ0n) is 17.8. The highest BCUT2D eigenvalue weighted by molar-refractivity contribution is 6.06. The fourth-order valence-corrected chi connectivity index (χ4v) is 2.82. The Morgan fingerprint density at radius 2 is 1.88 bits per heavy atom. The summed E-state index contributed by atoms with van der Waals surface area (Å²) in [5, 5.41) is 20.7. The zero-order valence-corrected chi connectivity index (χ0v) is 17.8. The summed E-state index contributed by atoms with van der Waals surface area (Å²) in [5.74, 6) is -1.59. The van der Waals surface area contributed by atoms with E-state index in [9.17, 15) is 27.5 Å². The van der Waals surface area contributed by atoms with Crippen molar-refractivity contribution in [2.24, 2.45) is 0 Å². The predicted octanol–water partition coefficient (Wildman–Crippen LogP) is 4.32. The molecule has 34 heavy (non-hydrogen) atoms. The Kier molecular flexibility index (Phi) is 7.69. The monoisotopic (exact) mass is 480 g/mol. The van der Waals surface area contributed by atoms with Crippen molar-refractivity contribution in [3.8, 4) is 17.4 Å². The molecular weight excluding hydrogens is 460 g/mol. The first-order chi connectivity index (χ1) is 16.1. The van der Waals surface area contributed by atoms with Gasteiger partial charge in [-0.2, -0.15) is 13.2 Å². The molecule has 0 aliphatic rings. The highest BCUT2D eigenvalue weighted by Gasteiger charge is 2.32. The molecule has 0 unspecified atom stereocenters. The molecule has 0 saturated carbocycles. The molecular formula is C23H20F4N2O5. The van der Waals surface area contributed by atoms with Gasteiger partial charge in [0.05, 0.1) is 17.7 Å². The predicted molar refractivity (Wildman–Crippen MR) is 113 cm³/mol. The number of aryl methyl sites for hydroxylation is 1. The summed E-state index contributed by atoms with van der Waals surface area (Å²) in [4.78, 5) is 16.8. The lowest BCUT2D eigenvalue weighted by atomic mass is 10.1. The third-order valence-electron chi connectivity index (χ3n) is 4.54. The van der Waals surface area contributed by atoms with Gasteiger partial charge in [0, 0.05) is 18.0 Å². The van der Waals surface area contributed by atoms with Crippen LogP contribution in [-0.2, 0) is 6.18 Å². The Labute approximate surface area is 191 Å². The van der Waals surface area contributed by atoms with Crippen molar-refractivity contribution in [2.75, 3.05) is 18.5 Å². The van der Waals surface area contributed by atoms with Crippen LogP contribution in [0.25, 0.3) is 0 Å². The SMILES string of the molecule is Cc1cc(F)ccc1Oc1cc(C(F)(F)F)ccc1C(=O)Nc1ccnc(OC[C@H](O)CO)c1. The molecule has 3 N–H and O–H groups in total. The van der Waals surface area contributed by atoms with Gasteiger partial charge in [0.2, 0.25) is 5.88 Å². The van der Waals surface area contributed by atoms with Crippen LogP contribution in [-0.4, -0.2) is 40.4 Å². The second-order valence-electron chi connectivity index (χ2n) is 7.20. The normalized spacial score (nSPS) is 12.2. The summed E-state index contributed by atoms with van der Waals surface area (Å²) < 4.78 is 64.0. The van der Waals surface area contributed by atoms with Crippen molar-refractivity contribution in [1.82, 2.24) is 4.98 Å². The molecule has 11 heteroatoms. The second-order valence-corrected chi connectivity index (χ2v) is 7.20. The van der Waals surface area contributed by atoms with Gasteiger partial charge in [-0.05, 0) is 55.0 Å². The van der Waals surface area contributed by atoms with Gasteiger partial charge in [0.25, 0.3) is 5.91 Å². The fourth-order valence-electron chi connectivity index (χ4n) is 2.82. The van der Waals surface area contributed by atoms with Gasteiger partial charge in [-0.15, -0.1) is 0 Å². The maximum absolute atomic E-state index is 13.4. The topological polar surface area (TPSA) is 101 Å². The Morgan fingerprint density at radius 3 is 2.56 bits per heavy atom. The van der Waals surface area contributed by atoms with Crippen LogP contribution in [0.4, 0.5) is 23.2 Å². The number of nitrogens with zero attached hydrogens (tertiary/aromatic N) is 1. The van der Waals surface area contributed by atoms with Gasteiger partial charge in [-0.1, -0.05) is 0 Å². The van der Waals surface area contributed by atoms with Crippen LogP contribution in [0.1, 0.15) is 21.5 Å². The average molecular weight is 480 g/mol. The average Bonchev–Trinajstić information content (AvgIpc) is 2.78. The number of hydrogen-bond donors (Lipinski definition) is 3. The molecule has 3 aromatic rings. The van der Waals surface area contributed by atoms with Crippen LogP contribution < -0.4 is 14.8 Å². The molecule has 1 atom stereocenters. The molecule has 0 aliphatic carbocycles. The lowest BCUT2D eigenvalue weighted by Crippen LogP contribution is -2.21. The first-order valence-corrected chi connectivity index (χ1v) is 9.91. The molecule has 0 spiro atoms. The van der Waals surface area contributed by atoms with Crippen molar-refractivity contribution in [3.05, 3.63) is 77.2 Å². The quantitative estimate of drug-likeness (QED) is 0.415. The fraction of sp³-hybridized carbons (Fsp3) is 0.217. The van der Waals surface area contributed by atoms with E-state index in [0.29, 0.717) is 11.6 Å². The number of anilines is 1. The number of benzene rings is 2. The maximum atomic E-state index is 13.4. The Bertz CT molecular complexity index is 1170. The van der Waals surface area contributed by atoms with Crippen molar-refractivity contribution in [2.45, 2.75) is 19.2 Å². The number of carbonyl (C=O) groups is 1. The van der Waals surface area contributed by atoms with Crippen LogP contribution in [0.15, 0.2) is 54.7 Å². The molecule has 1 heterocycles. The highest BCUT2D eigenvalue weighted by Crippen LogP contribution is 2.36. The molecule has 3 rings (SSSR count). The third kappa shape index (κ3) is 6.42. The Morgan fingerprint density at radius 1 is 1.12 bits per heavy atom. The van der Waals surface area contributed by atoms with Gasteiger partial charge >= 0.3 is 6.18 Å². The van der Waals surface area contributed by atoms with E-state index in [2.05, 4.69) is 10.3 Å². The zero-order chi connectivity index (χ0) is 24.9. The maximum Gasteiger partial charge on any atom is 0.416 e. The van der Waals surface area contributed by atoms with E-state index in [1.165, 1.54) is 31.3 Å². The van der Waals surface area contributed by atoms with Gasteiger partial charge in [0.15, 0.2) is 0 Å². The van der Waals surface area contributed by atoms with Gasteiger partial charge < -0.3 is 25.0 Å². The number of pyridine rings is 1. The summed E-state index contributed by atoms with van der Waals surface area (Å²) in [6.07, 6.45) is -4.49. The number of aliphatic hydroxyl groups is 2. The molecule has 7 nitrogen and oxygen atoms in total. The molecule has 1 aromatic heterocycles. The van der Waals surface area contributed by atoms with Crippen LogP contribution in [0.3, 0.4) is 0 Å². The molecule has 180 valence electrons. The first kappa shape index (κ1) is 24.9. The van der Waals surface area contributed by atoms with Crippen LogP contribution in [0.2, 0.25) is 0 Å². The standard InChI is InChI=1S/C23H20F4N2O5/c1-13-8-15(24)3-5-19(13)34-20-9-14(23(25,26)27)2-4-18(20)22(32)29-16-6-7-28-21(10-16)33-12-17(31)11-30/h2-10,17,30-31H,11-12H2,1H3,(H,28,29,32)/t17-/m1/s1. The van der Waals surface area contributed by atoms with Crippen LogP contribution in [0, 0.1) is 12.7 Å². The van der Waals surface area contributed by atoms with E-state index >= 15 is 0 Å². The summed E-state index contributed by atoms with van der Waals surface area (Å²) in [5.41, 5.74) is -0.699. The number of halogens is 4. The van der Waals surface area contributed by atoms with Crippen molar-refractivity contribution in [1.29, 1.82) is 0 Å². The summed E-state index contributed by atoms with van der Waals surface area (Å²) >= 11 is 0. The van der Waals surface area contributed by atoms with E-state index in [1.54, 1.807) is 0 Å². The summed E-state index contributed by atoms with van der Waals surface area (Å²) in [6.45, 7) is 0.757. The molecule has 0 radical (unpaired) electrons. The number of aliphatic hydroxyl groups excluding tert-OH is 2. The number of aromatic nitrogens is 1. The smallest absolute Gasteiger partial charge is 0.416 e. The molecule has 0 fully saturated rings. The molecule has 2 aromatic carbocycles. The van der Waals surface area contributed by atoms with E-state index in [4.69, 9.17) is 14.6 Å². The van der Waals surface area contributed by atoms with E-state index < -0.39 is 36.2 Å². The lowest BCUT2D eigenvalue weighted by molar-refractivity contribution is -0.137. The second kappa shape index (κ2) is 10.5. The molecule has 0 saturated heterocycles. The number of hydrogen-bond acceptors (Lipinski definition) is 6. The molecule has 0 bridgehead atoms. The molecule has 0 aliphatic heterocycles. The van der Waals surface area contributed by atoms with Gasteiger partial charge in [-0.25, -0.2) is 9.37 Å². The van der Waals surface area contributed by atoms with Crippen molar-refractivity contribution in [3.63, 3.8) is 0 Å². The van der Waals surface area contributed by atoms with Gasteiger partial charge in [-0.3, -0.25) is 4.79 Å². The van der Waals surface area contributed by atoms with Crippen LogP contribution in [0.5, 0.6) is 17.4 Å². The number of carbonyl (C=O) groups excluding carboxylic acids is 1. The minimum absolute atomic E-state index is 0.0381. The number of amides is 1. The van der Waals surface area contributed by atoms with E-state index in [-0.39, 0.29) is 35.2 Å². The lowest BCUT2D eigenvalue weighted by Gasteiger charge is -2.16. The minimum atomic E-state index is -4.68. The summed E-state index contributed by atoms with van der Waals surface area (Å²) in [7, 11) is 0. The minimum Gasteiger partial charge on any atom is -0.475 e. The van der Waals surface area contributed by atoms with Crippen molar-refractivity contribution < 1.29 is 42.0 Å². The number of alkyl halides is 3. The van der Waals surface area contributed by atoms with Crippen LogP contribution >= 0.6 is 0 Å².